The number of carbonyl (C=O) groups is 1. The second kappa shape index (κ2) is 11.0. The lowest BCUT2D eigenvalue weighted by molar-refractivity contribution is -0.593. The van der Waals surface area contributed by atoms with Crippen molar-refractivity contribution < 1.29 is 24.5 Å². The molecule has 0 unspecified atom stereocenters. The number of rotatable bonds is 8. The summed E-state index contributed by atoms with van der Waals surface area (Å²) >= 11 is 0. The van der Waals surface area contributed by atoms with Gasteiger partial charge >= 0.3 is 0 Å². The van der Waals surface area contributed by atoms with Crippen molar-refractivity contribution in [3.05, 3.63) is 116 Å². The number of amides is 1. The summed E-state index contributed by atoms with van der Waals surface area (Å²) in [6.07, 6.45) is 0.0856. The van der Waals surface area contributed by atoms with Gasteiger partial charge in [-0.25, -0.2) is 0 Å². The first-order valence-electron chi connectivity index (χ1n) is 12.3. The number of hydrogen-bond donors (Lipinski definition) is 2. The molecule has 0 spiro atoms. The smallest absolute Gasteiger partial charge is 0.264 e. The zero-order valence-corrected chi connectivity index (χ0v) is 21.0. The summed E-state index contributed by atoms with van der Waals surface area (Å²) in [5.41, 5.74) is -1.45. The van der Waals surface area contributed by atoms with Crippen molar-refractivity contribution in [1.82, 2.24) is 0 Å². The Morgan fingerprint density at radius 1 is 0.895 bits per heavy atom. The van der Waals surface area contributed by atoms with Gasteiger partial charge in [0.05, 0.1) is 13.0 Å². The summed E-state index contributed by atoms with van der Waals surface area (Å²) in [7, 11) is 1.49. The first-order chi connectivity index (χ1) is 18.2. The number of nitro groups is 2. The fraction of sp³-hybridized carbons (Fsp3) is 0.321. The Morgan fingerprint density at radius 3 is 1.87 bits per heavy atom. The molecule has 6 atom stereocenters. The van der Waals surface area contributed by atoms with Crippen LogP contribution in [0.1, 0.15) is 36.3 Å². The van der Waals surface area contributed by atoms with E-state index >= 15 is 0 Å². The number of benzene rings is 3. The average Bonchev–Trinajstić information content (AvgIpc) is 2.93. The van der Waals surface area contributed by atoms with Crippen molar-refractivity contribution >= 4 is 11.6 Å². The minimum absolute atomic E-state index is 0.0856. The van der Waals surface area contributed by atoms with E-state index in [9.17, 15) is 30.1 Å². The molecule has 2 N–H and O–H groups in total. The zero-order valence-electron chi connectivity index (χ0n) is 21.0. The molecule has 10 heteroatoms. The van der Waals surface area contributed by atoms with E-state index in [1.54, 1.807) is 91.9 Å². The molecule has 1 fully saturated rings. The van der Waals surface area contributed by atoms with Crippen LogP contribution in [0.4, 0.5) is 5.69 Å². The summed E-state index contributed by atoms with van der Waals surface area (Å²) in [4.78, 5) is 38.0. The van der Waals surface area contributed by atoms with Crippen LogP contribution in [0.15, 0.2) is 84.9 Å². The largest absolute Gasteiger partial charge is 0.497 e. The van der Waals surface area contributed by atoms with Crippen LogP contribution in [-0.2, 0) is 4.79 Å². The Hall–Kier alpha value is -4.31. The van der Waals surface area contributed by atoms with E-state index in [0.717, 1.165) is 0 Å². The second-order valence-electron chi connectivity index (χ2n) is 9.40. The summed E-state index contributed by atoms with van der Waals surface area (Å²) in [5.74, 6) is -3.95. The third kappa shape index (κ3) is 4.70. The molecule has 1 saturated carbocycles. The lowest BCUT2D eigenvalue weighted by atomic mass is 9.56. The highest BCUT2D eigenvalue weighted by atomic mass is 16.6. The quantitative estimate of drug-likeness (QED) is 0.334. The van der Waals surface area contributed by atoms with Crippen molar-refractivity contribution in [2.75, 3.05) is 12.4 Å². The number of carbonyl (C=O) groups excluding carboxylic acids is 1. The van der Waals surface area contributed by atoms with E-state index in [1.807, 2.05) is 0 Å². The third-order valence-corrected chi connectivity index (χ3v) is 7.52. The Kier molecular flexibility index (Phi) is 7.72. The minimum Gasteiger partial charge on any atom is -0.497 e. The summed E-state index contributed by atoms with van der Waals surface area (Å²) in [6.45, 7) is 1.67. The number of hydrogen-bond acceptors (Lipinski definition) is 7. The van der Waals surface area contributed by atoms with Crippen LogP contribution in [0.3, 0.4) is 0 Å². The van der Waals surface area contributed by atoms with Gasteiger partial charge in [-0.15, -0.1) is 0 Å². The molecule has 0 aliphatic heterocycles. The standard InChI is InChI=1S/C28H29N3O7/c1-3-22-23(18-10-6-4-7-11-18)25(30(34)35)24(19-12-8-5-9-13-19)26(31(36)37)28(22,33)27(32)29-20-14-16-21(38-2)17-15-20/h4-17,22-26,33H,3H2,1-2H3,(H,29,32)/t22-,23+,24-,25+,26+,28-/m1/s1. The van der Waals surface area contributed by atoms with E-state index in [0.29, 0.717) is 22.6 Å². The molecule has 10 nitrogen and oxygen atoms in total. The highest BCUT2D eigenvalue weighted by molar-refractivity contribution is 5.98. The minimum atomic E-state index is -2.58. The molecule has 0 saturated heterocycles. The lowest BCUT2D eigenvalue weighted by Crippen LogP contribution is -2.69. The maximum Gasteiger partial charge on any atom is 0.264 e. The lowest BCUT2D eigenvalue weighted by Gasteiger charge is -2.48. The van der Waals surface area contributed by atoms with Gasteiger partial charge in [0.15, 0.2) is 0 Å². The van der Waals surface area contributed by atoms with Gasteiger partial charge in [-0.1, -0.05) is 67.6 Å². The summed E-state index contributed by atoms with van der Waals surface area (Å²) in [5, 5.41) is 40.2. The first kappa shape index (κ1) is 26.7. The van der Waals surface area contributed by atoms with Gasteiger partial charge in [-0.05, 0) is 41.8 Å². The maximum atomic E-state index is 13.9. The molecule has 4 rings (SSSR count). The second-order valence-corrected chi connectivity index (χ2v) is 9.40. The molecule has 1 amide bonds. The third-order valence-electron chi connectivity index (χ3n) is 7.52. The number of nitrogens with one attached hydrogen (secondary N) is 1. The first-order valence-corrected chi connectivity index (χ1v) is 12.3. The van der Waals surface area contributed by atoms with E-state index in [1.165, 1.54) is 7.11 Å². The van der Waals surface area contributed by atoms with Crippen LogP contribution in [0, 0.1) is 26.1 Å². The fourth-order valence-corrected chi connectivity index (χ4v) is 5.90. The molecular formula is C28H29N3O7. The van der Waals surface area contributed by atoms with E-state index < -0.39 is 51.2 Å². The molecule has 38 heavy (non-hydrogen) atoms. The van der Waals surface area contributed by atoms with E-state index in [2.05, 4.69) is 5.32 Å². The molecule has 0 bridgehead atoms. The number of aliphatic hydroxyl groups is 1. The van der Waals surface area contributed by atoms with Crippen molar-refractivity contribution in [3.8, 4) is 5.75 Å². The predicted molar refractivity (Wildman–Crippen MR) is 140 cm³/mol. The van der Waals surface area contributed by atoms with Gasteiger partial charge in [0.1, 0.15) is 11.7 Å². The molecule has 0 radical (unpaired) electrons. The highest BCUT2D eigenvalue weighted by Gasteiger charge is 2.71. The summed E-state index contributed by atoms with van der Waals surface area (Å²) < 4.78 is 5.14. The van der Waals surface area contributed by atoms with Gasteiger partial charge < -0.3 is 15.2 Å². The molecule has 0 heterocycles. The Bertz CT molecular complexity index is 1290. The Balaban J connectivity index is 1.94. The van der Waals surface area contributed by atoms with E-state index in [-0.39, 0.29) is 6.42 Å². The van der Waals surface area contributed by atoms with Crippen LogP contribution >= 0.6 is 0 Å². The normalized spacial score (nSPS) is 26.8. The van der Waals surface area contributed by atoms with Gasteiger partial charge in [0, 0.05) is 21.5 Å². The van der Waals surface area contributed by atoms with Crippen LogP contribution < -0.4 is 10.1 Å². The summed E-state index contributed by atoms with van der Waals surface area (Å²) in [6, 6.07) is 19.5. The zero-order chi connectivity index (χ0) is 27.4. The number of anilines is 1. The number of ether oxygens (including phenoxy) is 1. The number of nitrogens with zero attached hydrogens (tertiary/aromatic N) is 2. The fourth-order valence-electron chi connectivity index (χ4n) is 5.90. The molecule has 1 aliphatic rings. The SMILES string of the molecule is CC[C@@H]1[C@H](c2ccccc2)[C@H]([N+](=O)[O-])[C@@H](c2ccccc2)[C@H]([N+](=O)[O-])[C@@]1(O)C(=O)Nc1ccc(OC)cc1. The van der Waals surface area contributed by atoms with Crippen LogP contribution in [0.5, 0.6) is 5.75 Å². The van der Waals surface area contributed by atoms with Crippen LogP contribution in [-0.4, -0.2) is 45.7 Å². The van der Waals surface area contributed by atoms with Gasteiger partial charge in [-0.3, -0.25) is 25.0 Å². The van der Waals surface area contributed by atoms with Crippen molar-refractivity contribution in [1.29, 1.82) is 0 Å². The molecule has 0 aromatic heterocycles. The molecule has 198 valence electrons. The predicted octanol–water partition coefficient (Wildman–Crippen LogP) is 4.26. The van der Waals surface area contributed by atoms with Crippen molar-refractivity contribution in [3.63, 3.8) is 0 Å². The van der Waals surface area contributed by atoms with Gasteiger partial charge in [-0.2, -0.15) is 0 Å². The topological polar surface area (TPSA) is 145 Å². The Morgan fingerprint density at radius 2 is 1.42 bits per heavy atom. The average molecular weight is 520 g/mol. The number of methoxy groups -OCH3 is 1. The van der Waals surface area contributed by atoms with Gasteiger partial charge in [0.25, 0.3) is 11.9 Å². The maximum absolute atomic E-state index is 13.9. The monoisotopic (exact) mass is 519 g/mol. The Labute approximate surface area is 219 Å². The van der Waals surface area contributed by atoms with E-state index in [4.69, 9.17) is 4.74 Å². The van der Waals surface area contributed by atoms with Crippen molar-refractivity contribution in [2.45, 2.75) is 42.9 Å². The molecular weight excluding hydrogens is 490 g/mol. The molecule has 3 aromatic rings. The molecule has 1 aliphatic carbocycles. The van der Waals surface area contributed by atoms with Crippen LogP contribution in [0.25, 0.3) is 0 Å². The van der Waals surface area contributed by atoms with Gasteiger partial charge in [0.2, 0.25) is 11.6 Å². The van der Waals surface area contributed by atoms with Crippen LogP contribution in [0.2, 0.25) is 0 Å². The van der Waals surface area contributed by atoms with Crippen molar-refractivity contribution in [2.24, 2.45) is 5.92 Å². The molecule has 3 aromatic carbocycles. The highest BCUT2D eigenvalue weighted by Crippen LogP contribution is 2.53.